The van der Waals surface area contributed by atoms with E-state index in [9.17, 15) is 0 Å². The lowest BCUT2D eigenvalue weighted by atomic mass is 9.75. The van der Waals surface area contributed by atoms with Gasteiger partial charge in [0.2, 0.25) is 0 Å². The zero-order chi connectivity index (χ0) is 13.5. The summed E-state index contributed by atoms with van der Waals surface area (Å²) in [5, 5.41) is 3.63. The molecule has 1 N–H and O–H groups in total. The molecule has 106 valence electrons. The minimum absolute atomic E-state index is 0.781. The highest BCUT2D eigenvalue weighted by Gasteiger charge is 2.25. The predicted octanol–water partition coefficient (Wildman–Crippen LogP) is 4.52. The van der Waals surface area contributed by atoms with Gasteiger partial charge in [-0.1, -0.05) is 51.0 Å². The molecular formula is C18H29N. The number of rotatable bonds is 6. The smallest absolute Gasteiger partial charge is 0.00147 e. The molecule has 2 rings (SSSR count). The molecule has 0 radical (unpaired) electrons. The van der Waals surface area contributed by atoms with Crippen LogP contribution in [0.3, 0.4) is 0 Å². The molecule has 1 aromatic carbocycles. The fourth-order valence-electron chi connectivity index (χ4n) is 3.36. The van der Waals surface area contributed by atoms with Crippen molar-refractivity contribution in [3.8, 4) is 0 Å². The van der Waals surface area contributed by atoms with Crippen molar-refractivity contribution >= 4 is 0 Å². The van der Waals surface area contributed by atoms with Crippen LogP contribution in [0.4, 0.5) is 0 Å². The van der Waals surface area contributed by atoms with Crippen LogP contribution in [0.2, 0.25) is 0 Å². The fraction of sp³-hybridized carbons (Fsp3) is 0.667. The van der Waals surface area contributed by atoms with Crippen LogP contribution in [-0.4, -0.2) is 13.1 Å². The zero-order valence-corrected chi connectivity index (χ0v) is 12.6. The molecule has 1 aliphatic rings. The molecule has 1 nitrogen and oxygen atoms in total. The molecule has 1 aliphatic carbocycles. The minimum atomic E-state index is 0.781. The van der Waals surface area contributed by atoms with E-state index >= 15 is 0 Å². The maximum absolute atomic E-state index is 3.63. The van der Waals surface area contributed by atoms with Gasteiger partial charge in [0.15, 0.2) is 0 Å². The van der Waals surface area contributed by atoms with E-state index in [0.717, 1.165) is 24.8 Å². The molecule has 0 amide bonds. The lowest BCUT2D eigenvalue weighted by Crippen LogP contribution is -2.30. The van der Waals surface area contributed by atoms with Crippen molar-refractivity contribution in [1.82, 2.24) is 5.32 Å². The quantitative estimate of drug-likeness (QED) is 0.741. The Bertz CT molecular complexity index is 354. The van der Waals surface area contributed by atoms with Gasteiger partial charge >= 0.3 is 0 Å². The Labute approximate surface area is 118 Å². The lowest BCUT2D eigenvalue weighted by molar-refractivity contribution is 0.296. The average Bonchev–Trinajstić information content (AvgIpc) is 2.48. The molecule has 1 aromatic rings. The molecule has 0 bridgehead atoms. The fourth-order valence-corrected chi connectivity index (χ4v) is 3.36. The van der Waals surface area contributed by atoms with Crippen molar-refractivity contribution in [3.63, 3.8) is 0 Å². The first-order chi connectivity index (χ1) is 9.35. The number of hydrogen-bond acceptors (Lipinski definition) is 1. The van der Waals surface area contributed by atoms with Crippen LogP contribution < -0.4 is 5.32 Å². The number of hydrogen-bond donors (Lipinski definition) is 1. The standard InChI is InChI=1S/C18H29N/c1-3-13-19-14-17-7-5-6-8-18(17)16-11-9-15(4-2)10-12-16/h9-12,17-19H,3-8,13-14H2,1-2H3. The first kappa shape index (κ1) is 14.6. The maximum Gasteiger partial charge on any atom is -0.00147 e. The number of nitrogens with one attached hydrogen (secondary N) is 1. The highest BCUT2D eigenvalue weighted by molar-refractivity contribution is 5.26. The molecule has 0 heterocycles. The van der Waals surface area contributed by atoms with Crippen molar-refractivity contribution in [2.75, 3.05) is 13.1 Å². The van der Waals surface area contributed by atoms with Gasteiger partial charge in [-0.25, -0.2) is 0 Å². The van der Waals surface area contributed by atoms with Crippen molar-refractivity contribution in [2.45, 2.75) is 58.3 Å². The maximum atomic E-state index is 3.63. The van der Waals surface area contributed by atoms with Gasteiger partial charge in [-0.05, 0) is 61.7 Å². The predicted molar refractivity (Wildman–Crippen MR) is 83.7 cm³/mol. The Balaban J connectivity index is 2.00. The van der Waals surface area contributed by atoms with Crippen LogP contribution in [0.25, 0.3) is 0 Å². The van der Waals surface area contributed by atoms with Crippen LogP contribution in [0, 0.1) is 5.92 Å². The third kappa shape index (κ3) is 4.07. The third-order valence-corrected chi connectivity index (χ3v) is 4.56. The Morgan fingerprint density at radius 1 is 1.05 bits per heavy atom. The van der Waals surface area contributed by atoms with Gasteiger partial charge in [0.1, 0.15) is 0 Å². The monoisotopic (exact) mass is 259 g/mol. The zero-order valence-electron chi connectivity index (χ0n) is 12.6. The summed E-state index contributed by atoms with van der Waals surface area (Å²) in [6.45, 7) is 6.84. The van der Waals surface area contributed by atoms with Crippen molar-refractivity contribution in [1.29, 1.82) is 0 Å². The van der Waals surface area contributed by atoms with Gasteiger partial charge in [0.05, 0.1) is 0 Å². The SMILES string of the molecule is CCCNCC1CCCCC1c1ccc(CC)cc1. The second-order valence-electron chi connectivity index (χ2n) is 5.95. The molecule has 1 fully saturated rings. The van der Waals surface area contributed by atoms with Crippen molar-refractivity contribution < 1.29 is 0 Å². The van der Waals surface area contributed by atoms with Gasteiger partial charge in [-0.2, -0.15) is 0 Å². The summed E-state index contributed by atoms with van der Waals surface area (Å²) in [5.74, 6) is 1.62. The summed E-state index contributed by atoms with van der Waals surface area (Å²) in [7, 11) is 0. The molecule has 0 spiro atoms. The van der Waals surface area contributed by atoms with Gasteiger partial charge in [0.25, 0.3) is 0 Å². The summed E-state index contributed by atoms with van der Waals surface area (Å²) in [5.41, 5.74) is 3.03. The molecule has 0 saturated heterocycles. The number of aryl methyl sites for hydroxylation is 1. The van der Waals surface area contributed by atoms with Crippen LogP contribution in [0.5, 0.6) is 0 Å². The Morgan fingerprint density at radius 3 is 2.47 bits per heavy atom. The summed E-state index contributed by atoms with van der Waals surface area (Å²) in [4.78, 5) is 0. The van der Waals surface area contributed by atoms with Gasteiger partial charge < -0.3 is 5.32 Å². The second-order valence-corrected chi connectivity index (χ2v) is 5.95. The molecule has 0 aliphatic heterocycles. The van der Waals surface area contributed by atoms with E-state index in [2.05, 4.69) is 43.4 Å². The second kappa shape index (κ2) is 7.69. The van der Waals surface area contributed by atoms with E-state index in [4.69, 9.17) is 0 Å². The van der Waals surface area contributed by atoms with E-state index in [0.29, 0.717) is 0 Å². The van der Waals surface area contributed by atoms with E-state index in [1.54, 1.807) is 5.56 Å². The Morgan fingerprint density at radius 2 is 1.79 bits per heavy atom. The van der Waals surface area contributed by atoms with E-state index in [1.165, 1.54) is 44.2 Å². The van der Waals surface area contributed by atoms with Crippen LogP contribution in [0.1, 0.15) is 63.0 Å². The normalized spacial score (nSPS) is 23.5. The number of benzene rings is 1. The topological polar surface area (TPSA) is 12.0 Å². The average molecular weight is 259 g/mol. The van der Waals surface area contributed by atoms with E-state index < -0.39 is 0 Å². The van der Waals surface area contributed by atoms with Gasteiger partial charge in [0, 0.05) is 0 Å². The molecule has 1 saturated carbocycles. The lowest BCUT2D eigenvalue weighted by Gasteiger charge is -2.32. The van der Waals surface area contributed by atoms with Crippen LogP contribution in [0.15, 0.2) is 24.3 Å². The van der Waals surface area contributed by atoms with Crippen LogP contribution >= 0.6 is 0 Å². The molecule has 19 heavy (non-hydrogen) atoms. The molecular weight excluding hydrogens is 230 g/mol. The first-order valence-corrected chi connectivity index (χ1v) is 8.14. The molecule has 2 unspecified atom stereocenters. The van der Waals surface area contributed by atoms with Gasteiger partial charge in [-0.15, -0.1) is 0 Å². The largest absolute Gasteiger partial charge is 0.316 e. The Hall–Kier alpha value is -0.820. The van der Waals surface area contributed by atoms with Crippen LogP contribution in [-0.2, 0) is 6.42 Å². The molecule has 2 atom stereocenters. The highest BCUT2D eigenvalue weighted by atomic mass is 14.9. The first-order valence-electron chi connectivity index (χ1n) is 8.14. The van der Waals surface area contributed by atoms with Crippen molar-refractivity contribution in [3.05, 3.63) is 35.4 Å². The summed E-state index contributed by atoms with van der Waals surface area (Å²) in [6, 6.07) is 9.39. The van der Waals surface area contributed by atoms with E-state index in [-0.39, 0.29) is 0 Å². The highest BCUT2D eigenvalue weighted by Crippen LogP contribution is 2.37. The van der Waals surface area contributed by atoms with Crippen molar-refractivity contribution in [2.24, 2.45) is 5.92 Å². The van der Waals surface area contributed by atoms with Gasteiger partial charge in [-0.3, -0.25) is 0 Å². The Kier molecular flexibility index (Phi) is 5.91. The third-order valence-electron chi connectivity index (χ3n) is 4.56. The molecule has 0 aromatic heterocycles. The molecule has 1 heteroatoms. The summed E-state index contributed by atoms with van der Waals surface area (Å²) >= 11 is 0. The summed E-state index contributed by atoms with van der Waals surface area (Å²) < 4.78 is 0. The summed E-state index contributed by atoms with van der Waals surface area (Å²) in [6.07, 6.45) is 7.99. The minimum Gasteiger partial charge on any atom is -0.316 e. The van der Waals surface area contributed by atoms with E-state index in [1.807, 2.05) is 0 Å².